The highest BCUT2D eigenvalue weighted by Gasteiger charge is 2.26. The molecule has 0 amide bonds. The molecule has 0 spiro atoms. The van der Waals surface area contributed by atoms with Crippen molar-refractivity contribution >= 4 is 17.0 Å². The Morgan fingerprint density at radius 2 is 1.68 bits per heavy atom. The van der Waals surface area contributed by atoms with Crippen LogP contribution in [0.3, 0.4) is 0 Å². The Bertz CT molecular complexity index is 960. The Morgan fingerprint density at radius 3 is 2.45 bits per heavy atom. The highest BCUT2D eigenvalue weighted by Crippen LogP contribution is 2.33. The van der Waals surface area contributed by atoms with Crippen molar-refractivity contribution in [2.75, 3.05) is 0 Å². The summed E-state index contributed by atoms with van der Waals surface area (Å²) in [5.74, 6) is -0.607. The van der Waals surface area contributed by atoms with Crippen LogP contribution in [0.2, 0.25) is 0 Å². The molecule has 5 nitrogen and oxygen atoms in total. The second kappa shape index (κ2) is 4.66. The van der Waals surface area contributed by atoms with E-state index in [2.05, 4.69) is 15.0 Å². The van der Waals surface area contributed by atoms with Gasteiger partial charge in [-0.3, -0.25) is 0 Å². The second-order valence-corrected chi connectivity index (χ2v) is 4.96. The van der Waals surface area contributed by atoms with Crippen LogP contribution in [0.1, 0.15) is 10.4 Å². The number of rotatable bonds is 2. The van der Waals surface area contributed by atoms with Gasteiger partial charge in [-0.1, -0.05) is 42.5 Å². The fourth-order valence-corrected chi connectivity index (χ4v) is 2.59. The molecule has 2 aliphatic heterocycles. The number of aromatic amines is 1. The fourth-order valence-electron chi connectivity index (χ4n) is 2.59. The Balaban J connectivity index is 2.09. The molecule has 0 bridgehead atoms. The highest BCUT2D eigenvalue weighted by molar-refractivity contribution is 6.02. The average molecular weight is 289 g/mol. The normalized spacial score (nSPS) is 11.1. The number of para-hydroxylation sites is 2. The number of fused-ring (bicyclic) bond motifs is 2. The third-order valence-electron chi connectivity index (χ3n) is 3.58. The molecule has 0 aliphatic carbocycles. The van der Waals surface area contributed by atoms with Crippen molar-refractivity contribution in [2.24, 2.45) is 0 Å². The lowest BCUT2D eigenvalue weighted by Crippen LogP contribution is -2.00. The number of hydrogen-bond acceptors (Lipinski definition) is 3. The number of benzene rings is 2. The summed E-state index contributed by atoms with van der Waals surface area (Å²) >= 11 is 0. The quantitative estimate of drug-likeness (QED) is 0.592. The van der Waals surface area contributed by atoms with E-state index in [4.69, 9.17) is 0 Å². The molecule has 0 fully saturated rings. The number of nitrogens with zero attached hydrogens (tertiary/aromatic N) is 2. The van der Waals surface area contributed by atoms with Crippen molar-refractivity contribution in [3.8, 4) is 22.8 Å². The molecule has 0 saturated heterocycles. The maximum atomic E-state index is 11.7. The van der Waals surface area contributed by atoms with E-state index in [9.17, 15) is 9.90 Å². The largest absolute Gasteiger partial charge is 0.478 e. The topological polar surface area (TPSA) is 78.9 Å². The van der Waals surface area contributed by atoms with Gasteiger partial charge in [-0.2, -0.15) is 0 Å². The van der Waals surface area contributed by atoms with Crippen LogP contribution in [0, 0.1) is 0 Å². The molecule has 0 unspecified atom stereocenters. The summed E-state index contributed by atoms with van der Waals surface area (Å²) in [4.78, 5) is 23.8. The summed E-state index contributed by atoms with van der Waals surface area (Å²) in [5.41, 5.74) is 3.33. The summed E-state index contributed by atoms with van der Waals surface area (Å²) in [6.45, 7) is 0. The van der Waals surface area contributed by atoms with Gasteiger partial charge in [-0.15, -0.1) is 0 Å². The van der Waals surface area contributed by atoms with Crippen molar-refractivity contribution in [3.05, 3.63) is 60.2 Å². The third kappa shape index (κ3) is 1.83. The maximum absolute atomic E-state index is 11.7. The lowest BCUT2D eigenvalue weighted by Gasteiger charge is -2.03. The molecule has 2 heterocycles. The van der Waals surface area contributed by atoms with E-state index in [0.29, 0.717) is 17.2 Å². The first-order chi connectivity index (χ1) is 10.7. The Labute approximate surface area is 125 Å². The second-order valence-electron chi connectivity index (χ2n) is 4.96. The van der Waals surface area contributed by atoms with Crippen LogP contribution in [0.15, 0.2) is 54.6 Å². The van der Waals surface area contributed by atoms with Crippen LogP contribution in [0.5, 0.6) is 0 Å². The molecule has 0 aromatic heterocycles. The van der Waals surface area contributed by atoms with Crippen molar-refractivity contribution in [1.29, 1.82) is 0 Å². The zero-order valence-corrected chi connectivity index (χ0v) is 11.4. The van der Waals surface area contributed by atoms with Gasteiger partial charge in [-0.25, -0.2) is 14.8 Å². The predicted molar refractivity (Wildman–Crippen MR) is 82.9 cm³/mol. The van der Waals surface area contributed by atoms with E-state index in [-0.39, 0.29) is 5.56 Å². The number of carboxylic acid groups (broad SMARTS) is 1. The first-order valence-corrected chi connectivity index (χ1v) is 6.81. The third-order valence-corrected chi connectivity index (χ3v) is 3.58. The van der Waals surface area contributed by atoms with Crippen LogP contribution in [0.25, 0.3) is 33.8 Å². The molecule has 2 N–H and O–H groups in total. The minimum Gasteiger partial charge on any atom is -0.478 e. The number of carboxylic acids is 1. The van der Waals surface area contributed by atoms with E-state index >= 15 is 0 Å². The minimum atomic E-state index is -1.02. The van der Waals surface area contributed by atoms with Crippen molar-refractivity contribution in [3.63, 3.8) is 0 Å². The molecule has 4 rings (SSSR count). The van der Waals surface area contributed by atoms with Crippen LogP contribution < -0.4 is 0 Å². The van der Waals surface area contributed by atoms with E-state index in [1.165, 1.54) is 0 Å². The van der Waals surface area contributed by atoms with Gasteiger partial charge >= 0.3 is 5.97 Å². The molecular weight excluding hydrogens is 278 g/mol. The summed E-state index contributed by atoms with van der Waals surface area (Å²) in [6.07, 6.45) is 0. The number of carbonyl (C=O) groups is 1. The predicted octanol–water partition coefficient (Wildman–Crippen LogP) is 3.43. The number of aromatic carboxylic acids is 1. The lowest BCUT2D eigenvalue weighted by atomic mass is 10.1. The number of aromatic nitrogens is 3. The van der Waals surface area contributed by atoms with Gasteiger partial charge in [0.1, 0.15) is 11.3 Å². The fraction of sp³-hybridized carbons (Fsp3) is 0. The molecule has 5 heteroatoms. The molecule has 0 radical (unpaired) electrons. The number of nitrogens with one attached hydrogen (secondary N) is 1. The molecule has 0 saturated carbocycles. The van der Waals surface area contributed by atoms with Crippen molar-refractivity contribution in [2.45, 2.75) is 0 Å². The maximum Gasteiger partial charge on any atom is 0.340 e. The standard InChI is InChI=1S/C17H11N3O2/c21-17(22)13-14(10-6-2-1-3-7-10)20-16-15(13)18-11-8-4-5-9-12(11)19-16/h1-9,18H,(H,21,22). The Kier molecular flexibility index (Phi) is 2.66. The van der Waals surface area contributed by atoms with Gasteiger partial charge in [0.15, 0.2) is 5.82 Å². The first kappa shape index (κ1) is 12.5. The van der Waals surface area contributed by atoms with Gasteiger partial charge in [0.25, 0.3) is 0 Å². The summed E-state index contributed by atoms with van der Waals surface area (Å²) < 4.78 is 0. The SMILES string of the molecule is O=C(O)c1c(-c2ccccc2)nc2nc3ccccc3[nH]c1-2. The zero-order valence-electron chi connectivity index (χ0n) is 11.4. The van der Waals surface area contributed by atoms with Gasteiger partial charge in [-0.05, 0) is 12.1 Å². The molecule has 2 aromatic rings. The van der Waals surface area contributed by atoms with Crippen LogP contribution in [-0.4, -0.2) is 26.0 Å². The lowest BCUT2D eigenvalue weighted by molar-refractivity contribution is 0.0698. The van der Waals surface area contributed by atoms with Crippen LogP contribution in [0.4, 0.5) is 0 Å². The van der Waals surface area contributed by atoms with Gasteiger partial charge in [0.2, 0.25) is 0 Å². The zero-order chi connectivity index (χ0) is 15.1. The number of hydrogen-bond donors (Lipinski definition) is 2. The van der Waals surface area contributed by atoms with Gasteiger partial charge < -0.3 is 10.1 Å². The van der Waals surface area contributed by atoms with Gasteiger partial charge in [0.05, 0.1) is 16.7 Å². The number of H-pyrrole nitrogens is 1. The molecular formula is C17H11N3O2. The average Bonchev–Trinajstić information content (AvgIpc) is 2.92. The summed E-state index contributed by atoms with van der Waals surface area (Å²) in [6, 6.07) is 16.8. The monoisotopic (exact) mass is 289 g/mol. The van der Waals surface area contributed by atoms with E-state index in [1.807, 2.05) is 54.6 Å². The van der Waals surface area contributed by atoms with Crippen LogP contribution in [-0.2, 0) is 0 Å². The molecule has 106 valence electrons. The minimum absolute atomic E-state index is 0.152. The first-order valence-electron chi connectivity index (χ1n) is 6.81. The Hall–Kier alpha value is -3.21. The Morgan fingerprint density at radius 1 is 0.955 bits per heavy atom. The summed E-state index contributed by atoms with van der Waals surface area (Å²) in [7, 11) is 0. The van der Waals surface area contributed by atoms with E-state index < -0.39 is 5.97 Å². The van der Waals surface area contributed by atoms with Gasteiger partial charge in [0, 0.05) is 5.56 Å². The summed E-state index contributed by atoms with van der Waals surface area (Å²) in [5, 5.41) is 9.60. The smallest absolute Gasteiger partial charge is 0.340 e. The van der Waals surface area contributed by atoms with Crippen LogP contribution >= 0.6 is 0 Å². The molecule has 2 aliphatic rings. The highest BCUT2D eigenvalue weighted by atomic mass is 16.4. The van der Waals surface area contributed by atoms with Crippen molar-refractivity contribution < 1.29 is 9.90 Å². The van der Waals surface area contributed by atoms with E-state index in [0.717, 1.165) is 16.6 Å². The molecule has 2 aromatic carbocycles. The molecule has 0 atom stereocenters. The van der Waals surface area contributed by atoms with Crippen molar-refractivity contribution in [1.82, 2.24) is 15.0 Å². The molecule has 22 heavy (non-hydrogen) atoms. The van der Waals surface area contributed by atoms with E-state index in [1.54, 1.807) is 0 Å².